The van der Waals surface area contributed by atoms with Gasteiger partial charge in [0, 0.05) is 0 Å². The summed E-state index contributed by atoms with van der Waals surface area (Å²) in [6, 6.07) is 0.765. The summed E-state index contributed by atoms with van der Waals surface area (Å²) < 4.78 is 17.9. The lowest BCUT2D eigenvalue weighted by Crippen LogP contribution is -2.31. The molecule has 0 spiro atoms. The molecule has 0 saturated heterocycles. The van der Waals surface area contributed by atoms with Gasteiger partial charge in [-0.1, -0.05) is 0 Å². The number of esters is 1. The van der Waals surface area contributed by atoms with Crippen molar-refractivity contribution in [2.45, 2.75) is 19.1 Å². The SMILES string of the molecule is CCOC(=O)C(F)[C@H](N)c1ccsc1.Cl. The van der Waals surface area contributed by atoms with Gasteiger partial charge in [0.2, 0.25) is 6.17 Å². The van der Waals surface area contributed by atoms with Gasteiger partial charge in [-0.15, -0.1) is 12.4 Å². The van der Waals surface area contributed by atoms with Crippen molar-refractivity contribution in [1.29, 1.82) is 0 Å². The molecule has 2 N–H and O–H groups in total. The molecule has 86 valence electrons. The number of carbonyl (C=O) groups excluding carboxylic acids is 1. The second-order valence-corrected chi connectivity index (χ2v) is 3.52. The molecule has 0 radical (unpaired) electrons. The fourth-order valence-corrected chi connectivity index (χ4v) is 1.71. The minimum atomic E-state index is -1.79. The molecule has 1 rings (SSSR count). The number of nitrogens with two attached hydrogens (primary N) is 1. The van der Waals surface area contributed by atoms with E-state index in [-0.39, 0.29) is 19.0 Å². The lowest BCUT2D eigenvalue weighted by atomic mass is 10.1. The van der Waals surface area contributed by atoms with Gasteiger partial charge in [0.15, 0.2) is 0 Å². The first-order chi connectivity index (χ1) is 6.66. The molecular weight excluding hydrogens is 241 g/mol. The van der Waals surface area contributed by atoms with Crippen molar-refractivity contribution < 1.29 is 13.9 Å². The fraction of sp³-hybridized carbons (Fsp3) is 0.444. The van der Waals surface area contributed by atoms with Crippen LogP contribution in [0.15, 0.2) is 16.8 Å². The summed E-state index contributed by atoms with van der Waals surface area (Å²) in [5.74, 6) is -0.897. The van der Waals surface area contributed by atoms with Gasteiger partial charge in [-0.3, -0.25) is 0 Å². The average Bonchev–Trinajstić information content (AvgIpc) is 2.68. The van der Waals surface area contributed by atoms with Crippen LogP contribution in [0.2, 0.25) is 0 Å². The number of rotatable bonds is 4. The van der Waals surface area contributed by atoms with Crippen LogP contribution in [0.1, 0.15) is 18.5 Å². The van der Waals surface area contributed by atoms with Crippen LogP contribution in [0.5, 0.6) is 0 Å². The predicted octanol–water partition coefficient (Wildman–Crippen LogP) is 2.07. The average molecular weight is 254 g/mol. The minimum absolute atomic E-state index is 0. The van der Waals surface area contributed by atoms with Crippen molar-refractivity contribution in [3.05, 3.63) is 22.4 Å². The van der Waals surface area contributed by atoms with Gasteiger partial charge in [0.25, 0.3) is 0 Å². The van der Waals surface area contributed by atoms with Crippen molar-refractivity contribution in [2.24, 2.45) is 5.73 Å². The quantitative estimate of drug-likeness (QED) is 0.836. The van der Waals surface area contributed by atoms with E-state index in [4.69, 9.17) is 5.73 Å². The summed E-state index contributed by atoms with van der Waals surface area (Å²) in [5, 5.41) is 3.50. The molecule has 15 heavy (non-hydrogen) atoms. The van der Waals surface area contributed by atoms with E-state index in [9.17, 15) is 9.18 Å². The number of hydrogen-bond acceptors (Lipinski definition) is 4. The van der Waals surface area contributed by atoms with Crippen LogP contribution in [0.25, 0.3) is 0 Å². The molecule has 0 aliphatic carbocycles. The lowest BCUT2D eigenvalue weighted by Gasteiger charge is -2.13. The summed E-state index contributed by atoms with van der Waals surface area (Å²) in [6.07, 6.45) is -1.79. The van der Waals surface area contributed by atoms with Crippen LogP contribution in [-0.2, 0) is 9.53 Å². The van der Waals surface area contributed by atoms with Gasteiger partial charge in [0.1, 0.15) is 0 Å². The second-order valence-electron chi connectivity index (χ2n) is 2.74. The van der Waals surface area contributed by atoms with Crippen LogP contribution in [0.3, 0.4) is 0 Å². The predicted molar refractivity (Wildman–Crippen MR) is 60.0 cm³/mol. The van der Waals surface area contributed by atoms with E-state index in [1.807, 2.05) is 0 Å². The Balaban J connectivity index is 0.00000196. The Morgan fingerprint density at radius 1 is 1.73 bits per heavy atom. The number of thiophene rings is 1. The zero-order valence-electron chi connectivity index (χ0n) is 8.18. The highest BCUT2D eigenvalue weighted by molar-refractivity contribution is 7.07. The zero-order chi connectivity index (χ0) is 10.6. The van der Waals surface area contributed by atoms with Gasteiger partial charge in [-0.05, 0) is 29.3 Å². The number of halogens is 2. The van der Waals surface area contributed by atoms with E-state index in [2.05, 4.69) is 4.74 Å². The second kappa shape index (κ2) is 6.76. The molecule has 0 aromatic carbocycles. The summed E-state index contributed by atoms with van der Waals surface area (Å²) in [6.45, 7) is 1.79. The number of hydrogen-bond donors (Lipinski definition) is 1. The van der Waals surface area contributed by atoms with Crippen molar-refractivity contribution in [3.8, 4) is 0 Å². The molecule has 0 aliphatic rings. The number of alkyl halides is 1. The molecule has 1 unspecified atom stereocenters. The molecule has 1 aromatic rings. The van der Waals surface area contributed by atoms with E-state index in [1.165, 1.54) is 11.3 Å². The zero-order valence-corrected chi connectivity index (χ0v) is 9.82. The summed E-state index contributed by atoms with van der Waals surface area (Å²) in [7, 11) is 0. The maximum absolute atomic E-state index is 13.3. The van der Waals surface area contributed by atoms with E-state index in [0.29, 0.717) is 5.56 Å². The third-order valence-corrected chi connectivity index (χ3v) is 2.46. The van der Waals surface area contributed by atoms with Gasteiger partial charge in [-0.25, -0.2) is 9.18 Å². The van der Waals surface area contributed by atoms with Gasteiger partial charge in [-0.2, -0.15) is 11.3 Å². The fourth-order valence-electron chi connectivity index (χ4n) is 1.00. The van der Waals surface area contributed by atoms with Crippen LogP contribution >= 0.6 is 23.7 Å². The third kappa shape index (κ3) is 3.77. The Morgan fingerprint density at radius 2 is 2.40 bits per heavy atom. The Hall–Kier alpha value is -0.650. The van der Waals surface area contributed by atoms with Crippen molar-refractivity contribution in [3.63, 3.8) is 0 Å². The third-order valence-electron chi connectivity index (χ3n) is 1.76. The smallest absolute Gasteiger partial charge is 0.342 e. The standard InChI is InChI=1S/C9H12FNO2S.ClH/c1-2-13-9(12)7(10)8(11)6-3-4-14-5-6;/h3-5,7-8H,2,11H2,1H3;1H/t7?,8-;/m1./s1. The van der Waals surface area contributed by atoms with Crippen LogP contribution in [-0.4, -0.2) is 18.7 Å². The molecule has 3 nitrogen and oxygen atoms in total. The van der Waals surface area contributed by atoms with Gasteiger partial charge in [0.05, 0.1) is 12.6 Å². The highest BCUT2D eigenvalue weighted by Crippen LogP contribution is 2.20. The van der Waals surface area contributed by atoms with E-state index < -0.39 is 18.2 Å². The summed E-state index contributed by atoms with van der Waals surface area (Å²) >= 11 is 1.41. The van der Waals surface area contributed by atoms with Crippen molar-refractivity contribution in [1.82, 2.24) is 0 Å². The number of carbonyl (C=O) groups is 1. The molecular formula is C9H13ClFNO2S. The molecule has 1 heterocycles. The Morgan fingerprint density at radius 3 is 2.87 bits per heavy atom. The van der Waals surface area contributed by atoms with Crippen LogP contribution < -0.4 is 5.73 Å². The van der Waals surface area contributed by atoms with Crippen molar-refractivity contribution >= 4 is 29.7 Å². The topological polar surface area (TPSA) is 52.3 Å². The monoisotopic (exact) mass is 253 g/mol. The van der Waals surface area contributed by atoms with Crippen LogP contribution in [0.4, 0.5) is 4.39 Å². The highest BCUT2D eigenvalue weighted by Gasteiger charge is 2.27. The van der Waals surface area contributed by atoms with Gasteiger partial charge >= 0.3 is 5.97 Å². The summed E-state index contributed by atoms with van der Waals surface area (Å²) in [5.41, 5.74) is 6.17. The normalized spacial score (nSPS) is 13.8. The minimum Gasteiger partial charge on any atom is -0.464 e. The van der Waals surface area contributed by atoms with Gasteiger partial charge < -0.3 is 10.5 Å². The molecule has 0 amide bonds. The molecule has 1 aromatic heterocycles. The van der Waals surface area contributed by atoms with E-state index >= 15 is 0 Å². The Labute approximate surface area is 97.8 Å². The Bertz CT molecular complexity index is 294. The Kier molecular flexibility index (Phi) is 6.47. The van der Waals surface area contributed by atoms with Crippen LogP contribution in [0, 0.1) is 0 Å². The molecule has 6 heteroatoms. The summed E-state index contributed by atoms with van der Waals surface area (Å²) in [4.78, 5) is 11.0. The highest BCUT2D eigenvalue weighted by atomic mass is 35.5. The number of ether oxygens (including phenoxy) is 1. The molecule has 0 aliphatic heterocycles. The molecule has 0 saturated carbocycles. The van der Waals surface area contributed by atoms with E-state index in [0.717, 1.165) is 0 Å². The lowest BCUT2D eigenvalue weighted by molar-refractivity contribution is -0.149. The molecule has 0 fully saturated rings. The largest absolute Gasteiger partial charge is 0.464 e. The maximum Gasteiger partial charge on any atom is 0.342 e. The van der Waals surface area contributed by atoms with E-state index in [1.54, 1.807) is 23.8 Å². The van der Waals surface area contributed by atoms with Crippen molar-refractivity contribution in [2.75, 3.05) is 6.61 Å². The molecule has 0 bridgehead atoms. The molecule has 2 atom stereocenters. The maximum atomic E-state index is 13.3. The first kappa shape index (κ1) is 14.3. The first-order valence-electron chi connectivity index (χ1n) is 4.25. The first-order valence-corrected chi connectivity index (χ1v) is 5.19.